The monoisotopic (exact) mass is 263 g/mol. The molecule has 0 atom stereocenters. The number of rotatable bonds is 2. The molecule has 4 nitrogen and oxygen atoms in total. The third-order valence-corrected chi connectivity index (χ3v) is 2.68. The minimum atomic E-state index is 0. The van der Waals surface area contributed by atoms with Crippen LogP contribution < -0.4 is 17.7 Å². The highest BCUT2D eigenvalue weighted by Gasteiger charge is 2.16. The lowest BCUT2D eigenvalue weighted by Gasteiger charge is -2.02. The number of nitrogens with two attached hydrogens (primary N) is 1. The Morgan fingerprint density at radius 2 is 1.94 bits per heavy atom. The van der Waals surface area contributed by atoms with Gasteiger partial charge >= 0.3 is 0 Å². The molecule has 2 heterocycles. The Balaban J connectivity index is 0.00000120. The summed E-state index contributed by atoms with van der Waals surface area (Å²) in [5.74, 6) is 0.876. The van der Waals surface area contributed by atoms with Gasteiger partial charge in [0.05, 0.1) is 6.04 Å². The van der Waals surface area contributed by atoms with Crippen LogP contribution in [0.2, 0.25) is 0 Å². The molecule has 0 saturated heterocycles. The fourth-order valence-corrected chi connectivity index (χ4v) is 1.98. The number of hydrogen-bond donors (Lipinski definition) is 1. The van der Waals surface area contributed by atoms with Gasteiger partial charge in [0, 0.05) is 5.39 Å². The number of halogens is 1. The third kappa shape index (κ3) is 2.05. The van der Waals surface area contributed by atoms with Gasteiger partial charge in [0.1, 0.15) is 17.4 Å². The molecule has 94 valence electrons. The van der Waals surface area contributed by atoms with E-state index in [1.807, 2.05) is 24.3 Å². The highest BCUT2D eigenvalue weighted by molar-refractivity contribution is 6.04. The van der Waals surface area contributed by atoms with Crippen molar-refractivity contribution >= 4 is 27.9 Å². The van der Waals surface area contributed by atoms with Crippen molar-refractivity contribution in [3.8, 4) is 0 Å². The first kappa shape index (κ1) is 12.8. The number of quaternary nitrogens is 1. The maximum absolute atomic E-state index is 5.83. The molecule has 18 heavy (non-hydrogen) atoms. The Hall–Kier alpha value is -1.65. The molecule has 0 radical (unpaired) electrons. The molecule has 1 aromatic carbocycles. The number of hydrogen-bond acceptors (Lipinski definition) is 3. The molecule has 3 aromatic rings. The van der Waals surface area contributed by atoms with E-state index in [0.717, 1.165) is 27.9 Å². The minimum absolute atomic E-state index is 0. The summed E-state index contributed by atoms with van der Waals surface area (Å²) in [7, 11) is 0. The van der Waals surface area contributed by atoms with E-state index in [-0.39, 0.29) is 12.4 Å². The van der Waals surface area contributed by atoms with Gasteiger partial charge in [-0.05, 0) is 26.0 Å². The van der Waals surface area contributed by atoms with Crippen LogP contribution in [-0.2, 0) is 0 Å². The van der Waals surface area contributed by atoms with Gasteiger partial charge in [-0.1, -0.05) is 12.1 Å². The van der Waals surface area contributed by atoms with Gasteiger partial charge in [0.2, 0.25) is 5.58 Å². The van der Waals surface area contributed by atoms with Crippen molar-refractivity contribution in [2.45, 2.75) is 19.9 Å². The first-order chi connectivity index (χ1) is 8.25. The van der Waals surface area contributed by atoms with Crippen molar-refractivity contribution in [3.05, 3.63) is 30.6 Å². The van der Waals surface area contributed by atoms with E-state index >= 15 is 0 Å². The Morgan fingerprint density at radius 3 is 2.72 bits per heavy atom. The summed E-state index contributed by atoms with van der Waals surface area (Å²) in [5.41, 5.74) is 2.53. The van der Waals surface area contributed by atoms with Crippen molar-refractivity contribution in [1.82, 2.24) is 9.97 Å². The van der Waals surface area contributed by atoms with E-state index in [0.29, 0.717) is 6.04 Å². The van der Waals surface area contributed by atoms with Crippen LogP contribution in [0.1, 0.15) is 13.8 Å². The van der Waals surface area contributed by atoms with Crippen molar-refractivity contribution < 1.29 is 22.1 Å². The second kappa shape index (κ2) is 4.92. The van der Waals surface area contributed by atoms with E-state index in [4.69, 9.17) is 4.42 Å². The topological polar surface area (TPSA) is 55.5 Å². The first-order valence-electron chi connectivity index (χ1n) is 5.73. The molecule has 0 unspecified atom stereocenters. The number of aromatic nitrogens is 2. The van der Waals surface area contributed by atoms with E-state index in [9.17, 15) is 0 Å². The smallest absolute Gasteiger partial charge is 0.271 e. The van der Waals surface area contributed by atoms with E-state index in [1.54, 1.807) is 6.33 Å². The van der Waals surface area contributed by atoms with Crippen molar-refractivity contribution in [3.63, 3.8) is 0 Å². The molecule has 2 aromatic heterocycles. The molecule has 0 aliphatic heterocycles. The summed E-state index contributed by atoms with van der Waals surface area (Å²) in [6, 6.07) is 8.36. The fraction of sp³-hybridized carbons (Fsp3) is 0.231. The second-order valence-electron chi connectivity index (χ2n) is 4.45. The van der Waals surface area contributed by atoms with Crippen LogP contribution >= 0.6 is 0 Å². The average molecular weight is 264 g/mol. The molecule has 0 spiro atoms. The molecule has 3 rings (SSSR count). The van der Waals surface area contributed by atoms with Crippen LogP contribution in [0.25, 0.3) is 22.1 Å². The number of fused-ring (bicyclic) bond motifs is 3. The van der Waals surface area contributed by atoms with Crippen LogP contribution in [-0.4, -0.2) is 16.0 Å². The van der Waals surface area contributed by atoms with Gasteiger partial charge in [-0.3, -0.25) is 5.32 Å². The molecule has 2 N–H and O–H groups in total. The Bertz CT molecular complexity index is 678. The van der Waals surface area contributed by atoms with Gasteiger partial charge in [0.25, 0.3) is 5.82 Å². The lowest BCUT2D eigenvalue weighted by molar-refractivity contribution is -0.605. The summed E-state index contributed by atoms with van der Waals surface area (Å²) < 4.78 is 5.83. The number of furan rings is 1. The average Bonchev–Trinajstić information content (AvgIpc) is 2.68. The number of para-hydroxylation sites is 1. The zero-order valence-electron chi connectivity index (χ0n) is 10.2. The van der Waals surface area contributed by atoms with E-state index in [1.165, 1.54) is 0 Å². The summed E-state index contributed by atoms with van der Waals surface area (Å²) in [6.07, 6.45) is 1.60. The molecule has 0 fully saturated rings. The third-order valence-electron chi connectivity index (χ3n) is 2.68. The second-order valence-corrected chi connectivity index (χ2v) is 4.45. The summed E-state index contributed by atoms with van der Waals surface area (Å²) in [6.45, 7) is 4.24. The quantitative estimate of drug-likeness (QED) is 0.644. The predicted octanol–water partition coefficient (Wildman–Crippen LogP) is -1.02. The van der Waals surface area contributed by atoms with Gasteiger partial charge in [-0.15, -0.1) is 0 Å². The van der Waals surface area contributed by atoms with Gasteiger partial charge < -0.3 is 16.8 Å². The predicted molar refractivity (Wildman–Crippen MR) is 66.0 cm³/mol. The molecule has 0 aliphatic carbocycles. The molecule has 0 aliphatic rings. The van der Waals surface area contributed by atoms with Crippen LogP contribution in [0.3, 0.4) is 0 Å². The molecule has 0 saturated carbocycles. The lowest BCUT2D eigenvalue weighted by Crippen LogP contribution is -3.00. The van der Waals surface area contributed by atoms with Crippen molar-refractivity contribution in [2.75, 3.05) is 0 Å². The molecular weight excluding hydrogens is 250 g/mol. The zero-order valence-corrected chi connectivity index (χ0v) is 11.0. The highest BCUT2D eigenvalue weighted by Crippen LogP contribution is 2.28. The number of nitrogens with zero attached hydrogens (tertiary/aromatic N) is 2. The molecule has 0 amide bonds. The Labute approximate surface area is 111 Å². The molecular formula is C13H14ClN3O. The van der Waals surface area contributed by atoms with Crippen LogP contribution in [0.15, 0.2) is 35.0 Å². The van der Waals surface area contributed by atoms with Crippen LogP contribution in [0.5, 0.6) is 0 Å². The number of benzene rings is 1. The van der Waals surface area contributed by atoms with Crippen molar-refractivity contribution in [2.24, 2.45) is 0 Å². The summed E-state index contributed by atoms with van der Waals surface area (Å²) >= 11 is 0. The first-order valence-corrected chi connectivity index (χ1v) is 5.73. The Morgan fingerprint density at radius 1 is 1.17 bits per heavy atom. The summed E-state index contributed by atoms with van der Waals surface area (Å²) in [5, 5.41) is 3.13. The normalized spacial score (nSPS) is 11.1. The lowest BCUT2D eigenvalue weighted by atomic mass is 10.2. The summed E-state index contributed by atoms with van der Waals surface area (Å²) in [4.78, 5) is 8.59. The molecule has 0 bridgehead atoms. The van der Waals surface area contributed by atoms with Gasteiger partial charge in [-0.2, -0.15) is 4.98 Å². The minimum Gasteiger partial charge on any atom is -1.00 e. The molecule has 5 heteroatoms. The van der Waals surface area contributed by atoms with E-state index in [2.05, 4.69) is 29.1 Å². The van der Waals surface area contributed by atoms with Gasteiger partial charge in [0.15, 0.2) is 0 Å². The van der Waals surface area contributed by atoms with Crippen molar-refractivity contribution in [1.29, 1.82) is 0 Å². The Kier molecular flexibility index (Phi) is 3.50. The van der Waals surface area contributed by atoms with Crippen LogP contribution in [0.4, 0.5) is 5.82 Å². The standard InChI is InChI=1S/C13H13N3O.ClH/c1-8(2)16-13-12-11(14-7-15-13)9-5-3-4-6-10(9)17-12;/h3-8H,1-2H3,(H,14,15,16);1H. The fourth-order valence-electron chi connectivity index (χ4n) is 1.98. The zero-order chi connectivity index (χ0) is 11.8. The largest absolute Gasteiger partial charge is 1.00 e. The van der Waals surface area contributed by atoms with Crippen LogP contribution in [0, 0.1) is 0 Å². The van der Waals surface area contributed by atoms with E-state index < -0.39 is 0 Å². The maximum atomic E-state index is 5.83. The van der Waals surface area contributed by atoms with Gasteiger partial charge in [-0.25, -0.2) is 4.98 Å². The SMILES string of the molecule is CC(C)[NH2+]c1ncnc2c1oc1ccccc12.[Cl-]. The maximum Gasteiger partial charge on any atom is 0.271 e. The highest BCUT2D eigenvalue weighted by atomic mass is 35.5.